The van der Waals surface area contributed by atoms with Crippen molar-refractivity contribution in [3.8, 4) is 0 Å². The Bertz CT molecular complexity index is 2030. The highest BCUT2D eigenvalue weighted by Crippen LogP contribution is 2.42. The number of ether oxygens (including phenoxy) is 6. The molecule has 21 heteroatoms. The average molecular weight is 1430 g/mol. The van der Waals surface area contributed by atoms with Crippen molar-refractivity contribution in [3.63, 3.8) is 0 Å². The third-order valence-corrected chi connectivity index (χ3v) is 19.5. The van der Waals surface area contributed by atoms with Crippen LogP contribution >= 0.6 is 7.82 Å². The van der Waals surface area contributed by atoms with Crippen LogP contribution in [0, 0.1) is 0 Å². The van der Waals surface area contributed by atoms with E-state index in [1.165, 1.54) is 51.4 Å². The first kappa shape index (κ1) is 93.8. The van der Waals surface area contributed by atoms with Gasteiger partial charge in [-0.3, -0.25) is 33.3 Å². The molecule has 9 atom stereocenters. The number of carbonyl (C=O) groups is 6. The second-order valence-electron chi connectivity index (χ2n) is 28.5. The van der Waals surface area contributed by atoms with Crippen molar-refractivity contribution in [1.82, 2.24) is 10.6 Å². The third-order valence-electron chi connectivity index (χ3n) is 18.9. The van der Waals surface area contributed by atoms with Crippen LogP contribution in [-0.4, -0.2) is 131 Å². The van der Waals surface area contributed by atoms with E-state index in [9.17, 15) is 53.3 Å². The first-order valence-corrected chi connectivity index (χ1v) is 42.1. The number of aliphatic hydroxyl groups excluding tert-OH is 2. The van der Waals surface area contributed by atoms with Crippen LogP contribution in [0.4, 0.5) is 0 Å². The van der Waals surface area contributed by atoms with E-state index < -0.39 is 119 Å². The lowest BCUT2D eigenvalue weighted by atomic mass is 9.95. The molecule has 20 nitrogen and oxygen atoms in total. The number of esters is 4. The summed E-state index contributed by atoms with van der Waals surface area (Å²) in [5.74, 6) is -3.53. The van der Waals surface area contributed by atoms with Crippen molar-refractivity contribution in [2.75, 3.05) is 19.8 Å². The zero-order valence-electron chi connectivity index (χ0n) is 63.5. The Kier molecular flexibility index (Phi) is 61.0. The SMILES string of the molecule is CCCCCCCCCCC[C@H](CC(=O)N[C@@H](CO)COC1O[C@H](CO)[C@@H](OP(=O)(O)O)[C@H](OC(=O)C[C@@H](CCCCCCCCCCC)OC(=O)CCCCCCCC)[C@H]1NC(=O)C[C@@H](CCCCCCCCCCC)OC(=O)CCCCCCCC)OC(=O)CCCCCCCC. The monoisotopic (exact) mass is 1430 g/mol. The Hall–Kier alpha value is -3.23. The number of nitrogens with one attached hydrogen (secondary N) is 2. The number of carbonyl (C=O) groups excluding carboxylic acids is 6. The van der Waals surface area contributed by atoms with E-state index in [0.717, 1.165) is 205 Å². The maximum Gasteiger partial charge on any atom is 0.470 e. The lowest BCUT2D eigenvalue weighted by Crippen LogP contribution is -2.66. The fourth-order valence-electron chi connectivity index (χ4n) is 13.0. The fourth-order valence-corrected chi connectivity index (χ4v) is 13.6. The zero-order valence-corrected chi connectivity index (χ0v) is 64.3. The van der Waals surface area contributed by atoms with Gasteiger partial charge in [0.15, 0.2) is 12.4 Å². The van der Waals surface area contributed by atoms with E-state index in [-0.39, 0.29) is 38.1 Å². The predicted molar refractivity (Wildman–Crippen MR) is 392 cm³/mol. The molecule has 0 radical (unpaired) electrons. The lowest BCUT2D eigenvalue weighted by Gasteiger charge is -2.45. The number of rotatable bonds is 70. The lowest BCUT2D eigenvalue weighted by molar-refractivity contribution is -0.272. The molecule has 1 unspecified atom stereocenters. The standard InChI is InChI=1S/C78H147N2O18P/c1-7-13-19-25-31-34-37-40-46-52-65(93-71(85)55-49-43-28-22-16-10-4)58-69(83)79-64(61-81)63-92-78-75(80-70(84)59-66(53-47-41-38-35-32-26-20-14-8-2)94-72(86)56-50-44-29-23-17-11-5)77(76(68(62-82)96-78)98-99(89,90)91)97-74(88)60-67(54-48-42-39-36-33-27-21-15-9-3)95-73(87)57-51-45-30-24-18-12-6/h64-68,75-78,81-82H,7-63H2,1-6H3,(H,79,83)(H,80,84)(H2,89,90,91)/t64-,65+,66+,67+,68+,75+,76+,77+,78?/m0/s1. The summed E-state index contributed by atoms with van der Waals surface area (Å²) in [7, 11) is -5.51. The van der Waals surface area contributed by atoms with Gasteiger partial charge in [0.2, 0.25) is 11.8 Å². The quantitative estimate of drug-likeness (QED) is 0.0143. The van der Waals surface area contributed by atoms with E-state index in [4.69, 9.17) is 32.9 Å². The number of aliphatic hydroxyl groups is 2. The first-order chi connectivity index (χ1) is 48.0. The van der Waals surface area contributed by atoms with Gasteiger partial charge in [-0.2, -0.15) is 0 Å². The van der Waals surface area contributed by atoms with Gasteiger partial charge in [-0.05, 0) is 57.8 Å². The summed E-state index contributed by atoms with van der Waals surface area (Å²) in [6.07, 6.45) is 36.7. The van der Waals surface area contributed by atoms with Crippen LogP contribution in [0.25, 0.3) is 0 Å². The highest BCUT2D eigenvalue weighted by molar-refractivity contribution is 7.46. The molecule has 0 saturated carbocycles. The van der Waals surface area contributed by atoms with Crippen molar-refractivity contribution in [3.05, 3.63) is 0 Å². The number of hydrogen-bond acceptors (Lipinski definition) is 16. The van der Waals surface area contributed by atoms with E-state index in [1.54, 1.807) is 0 Å². The van der Waals surface area contributed by atoms with Crippen LogP contribution < -0.4 is 10.6 Å². The molecule has 1 fully saturated rings. The summed E-state index contributed by atoms with van der Waals surface area (Å²) < 4.78 is 55.1. The minimum Gasteiger partial charge on any atom is -0.462 e. The third kappa shape index (κ3) is 53.2. The number of phosphoric ester groups is 1. The molecule has 0 aromatic rings. The number of phosphoric acid groups is 1. The summed E-state index contributed by atoms with van der Waals surface area (Å²) in [5, 5.41) is 27.4. The van der Waals surface area contributed by atoms with Gasteiger partial charge >= 0.3 is 31.7 Å². The zero-order chi connectivity index (χ0) is 72.8. The summed E-state index contributed by atoms with van der Waals surface area (Å²) in [4.78, 5) is 105. The van der Waals surface area contributed by atoms with Gasteiger partial charge in [-0.15, -0.1) is 0 Å². The minimum atomic E-state index is -5.51. The molecular weight excluding hydrogens is 1280 g/mol. The minimum absolute atomic E-state index is 0.148. The maximum atomic E-state index is 14.8. The molecule has 1 aliphatic heterocycles. The Morgan fingerprint density at radius 1 is 0.404 bits per heavy atom. The fraction of sp³-hybridized carbons (Fsp3) is 0.923. The second kappa shape index (κ2) is 64.4. The molecular formula is C78H147N2O18P. The van der Waals surface area contributed by atoms with Gasteiger partial charge in [0.1, 0.15) is 36.6 Å². The predicted octanol–water partition coefficient (Wildman–Crippen LogP) is 18.0. The number of amides is 2. The molecule has 99 heavy (non-hydrogen) atoms. The molecule has 0 aromatic carbocycles. The van der Waals surface area contributed by atoms with Gasteiger partial charge < -0.3 is 59.1 Å². The van der Waals surface area contributed by atoms with E-state index in [2.05, 4.69) is 52.2 Å². The Labute approximate surface area is 600 Å². The molecule has 582 valence electrons. The van der Waals surface area contributed by atoms with Crippen LogP contribution in [0.15, 0.2) is 0 Å². The van der Waals surface area contributed by atoms with E-state index in [1.807, 2.05) is 0 Å². The molecule has 1 heterocycles. The summed E-state index contributed by atoms with van der Waals surface area (Å²) in [5.41, 5.74) is 0. The van der Waals surface area contributed by atoms with Gasteiger partial charge in [-0.1, -0.05) is 292 Å². The summed E-state index contributed by atoms with van der Waals surface area (Å²) in [6, 6.07) is -2.80. The molecule has 2 amide bonds. The topological polar surface area (TPSA) is 289 Å². The second-order valence-corrected chi connectivity index (χ2v) is 29.7. The Morgan fingerprint density at radius 3 is 1.04 bits per heavy atom. The highest BCUT2D eigenvalue weighted by Gasteiger charge is 2.52. The van der Waals surface area contributed by atoms with Crippen molar-refractivity contribution in [2.45, 2.75) is 443 Å². The van der Waals surface area contributed by atoms with Crippen molar-refractivity contribution in [2.24, 2.45) is 0 Å². The number of hydrogen-bond donors (Lipinski definition) is 6. The normalized spacial score (nSPS) is 17.5. The molecule has 1 rings (SSSR count). The Balaban J connectivity index is 3.79. The van der Waals surface area contributed by atoms with Crippen molar-refractivity contribution >= 4 is 43.5 Å². The van der Waals surface area contributed by atoms with Gasteiger partial charge in [0.25, 0.3) is 0 Å². The van der Waals surface area contributed by atoms with Crippen LogP contribution in [-0.2, 0) is 66.3 Å². The molecule has 0 bridgehead atoms. The molecule has 1 aliphatic rings. The Morgan fingerprint density at radius 2 is 0.717 bits per heavy atom. The summed E-state index contributed by atoms with van der Waals surface area (Å²) >= 11 is 0. The average Bonchev–Trinajstić information content (AvgIpc) is 0.782. The van der Waals surface area contributed by atoms with Crippen molar-refractivity contribution in [1.29, 1.82) is 0 Å². The van der Waals surface area contributed by atoms with E-state index in [0.29, 0.717) is 51.4 Å². The molecule has 0 aromatic heterocycles. The van der Waals surface area contributed by atoms with Crippen LogP contribution in [0.2, 0.25) is 0 Å². The van der Waals surface area contributed by atoms with Gasteiger partial charge in [0, 0.05) is 19.3 Å². The molecule has 6 N–H and O–H groups in total. The smallest absolute Gasteiger partial charge is 0.462 e. The summed E-state index contributed by atoms with van der Waals surface area (Å²) in [6.45, 7) is 10.9. The molecule has 0 aliphatic carbocycles. The van der Waals surface area contributed by atoms with Crippen LogP contribution in [0.3, 0.4) is 0 Å². The van der Waals surface area contributed by atoms with Crippen LogP contribution in [0.5, 0.6) is 0 Å². The first-order valence-electron chi connectivity index (χ1n) is 40.6. The molecule has 0 spiro atoms. The van der Waals surface area contributed by atoms with Gasteiger partial charge in [-0.25, -0.2) is 4.57 Å². The highest BCUT2D eigenvalue weighted by atomic mass is 31.2. The van der Waals surface area contributed by atoms with Crippen molar-refractivity contribution < 1.29 is 86.3 Å². The number of unbranched alkanes of at least 4 members (excludes halogenated alkanes) is 39. The van der Waals surface area contributed by atoms with E-state index >= 15 is 0 Å². The van der Waals surface area contributed by atoms with Crippen LogP contribution in [0.1, 0.15) is 388 Å². The largest absolute Gasteiger partial charge is 0.470 e. The maximum absolute atomic E-state index is 14.8. The molecule has 1 saturated heterocycles. The van der Waals surface area contributed by atoms with Gasteiger partial charge in [0.05, 0.1) is 45.1 Å².